The molecule has 0 bridgehead atoms. The second kappa shape index (κ2) is 2.90. The van der Waals surface area contributed by atoms with Gasteiger partial charge >= 0.3 is 11.9 Å². The maximum atomic E-state index is 10.8. The van der Waals surface area contributed by atoms with Gasteiger partial charge in [-0.2, -0.15) is 0 Å². The molecule has 0 amide bonds. The molecule has 0 aromatic rings. The Balaban J connectivity index is 2.32. The molecule has 4 nitrogen and oxygen atoms in total. The lowest BCUT2D eigenvalue weighted by molar-refractivity contribution is -0.148. The Hall–Kier alpha value is -1.06. The highest BCUT2D eigenvalue weighted by Gasteiger charge is 2.49. The predicted octanol–water partition coefficient (Wildman–Crippen LogP) is 0.270. The minimum atomic E-state index is -0.900. The first-order chi connectivity index (χ1) is 5.16. The van der Waals surface area contributed by atoms with E-state index < -0.39 is 11.9 Å². The van der Waals surface area contributed by atoms with Crippen molar-refractivity contribution in [1.29, 1.82) is 0 Å². The molecule has 4 heteroatoms. The van der Waals surface area contributed by atoms with Crippen LogP contribution in [-0.2, 0) is 14.3 Å². The van der Waals surface area contributed by atoms with E-state index in [1.807, 2.05) is 0 Å². The van der Waals surface area contributed by atoms with Crippen molar-refractivity contribution < 1.29 is 19.4 Å². The smallest absolute Gasteiger partial charge is 0.309 e. The summed E-state index contributed by atoms with van der Waals surface area (Å²) in [5.41, 5.74) is 0. The molecular weight excluding hydrogens is 148 g/mol. The molecule has 1 rings (SSSR count). The zero-order valence-electron chi connectivity index (χ0n) is 6.24. The fourth-order valence-corrected chi connectivity index (χ4v) is 0.978. The third kappa shape index (κ3) is 1.69. The van der Waals surface area contributed by atoms with E-state index in [1.165, 1.54) is 0 Å². The van der Waals surface area contributed by atoms with E-state index >= 15 is 0 Å². The van der Waals surface area contributed by atoms with Crippen LogP contribution in [-0.4, -0.2) is 23.7 Å². The molecule has 0 unspecified atom stereocenters. The van der Waals surface area contributed by atoms with Crippen LogP contribution in [0.3, 0.4) is 0 Å². The van der Waals surface area contributed by atoms with E-state index in [1.54, 1.807) is 6.92 Å². The van der Waals surface area contributed by atoms with Crippen LogP contribution in [0, 0.1) is 11.8 Å². The Kier molecular flexibility index (Phi) is 2.12. The summed E-state index contributed by atoms with van der Waals surface area (Å²) in [5.74, 6) is -2.15. The average molecular weight is 158 g/mol. The average Bonchev–Trinajstić information content (AvgIpc) is 2.65. The predicted molar refractivity (Wildman–Crippen MR) is 35.9 cm³/mol. The summed E-state index contributed by atoms with van der Waals surface area (Å²) in [7, 11) is 0. The van der Waals surface area contributed by atoms with Crippen LogP contribution in [0.5, 0.6) is 0 Å². The fraction of sp³-hybridized carbons (Fsp3) is 0.714. The van der Waals surface area contributed by atoms with Gasteiger partial charge in [-0.3, -0.25) is 9.59 Å². The molecule has 0 saturated heterocycles. The second-order valence-electron chi connectivity index (χ2n) is 2.54. The van der Waals surface area contributed by atoms with Crippen molar-refractivity contribution in [3.8, 4) is 0 Å². The van der Waals surface area contributed by atoms with Gasteiger partial charge in [0, 0.05) is 0 Å². The molecule has 0 aromatic heterocycles. The van der Waals surface area contributed by atoms with E-state index in [9.17, 15) is 9.59 Å². The quantitative estimate of drug-likeness (QED) is 0.599. The van der Waals surface area contributed by atoms with Gasteiger partial charge in [-0.1, -0.05) is 0 Å². The van der Waals surface area contributed by atoms with Crippen molar-refractivity contribution in [2.24, 2.45) is 11.8 Å². The molecular formula is C7H10O4. The zero-order valence-corrected chi connectivity index (χ0v) is 6.24. The molecule has 1 aliphatic rings. The maximum Gasteiger partial charge on any atom is 0.309 e. The lowest BCUT2D eigenvalue weighted by atomic mass is 10.3. The van der Waals surface area contributed by atoms with Crippen LogP contribution in [0.25, 0.3) is 0 Å². The van der Waals surface area contributed by atoms with E-state index in [-0.39, 0.29) is 11.9 Å². The SMILES string of the molecule is CCOC(=O)[C@@H]1C[C@@H]1C(=O)O. The van der Waals surface area contributed by atoms with Crippen molar-refractivity contribution in [2.45, 2.75) is 13.3 Å². The zero-order chi connectivity index (χ0) is 8.43. The van der Waals surface area contributed by atoms with Gasteiger partial charge in [-0.15, -0.1) is 0 Å². The largest absolute Gasteiger partial charge is 0.481 e. The van der Waals surface area contributed by atoms with Crippen LogP contribution in [0.2, 0.25) is 0 Å². The van der Waals surface area contributed by atoms with Gasteiger partial charge in [-0.05, 0) is 13.3 Å². The summed E-state index contributed by atoms with van der Waals surface area (Å²) >= 11 is 0. The Labute approximate surface area is 64.2 Å². The van der Waals surface area contributed by atoms with E-state index in [0.29, 0.717) is 13.0 Å². The third-order valence-electron chi connectivity index (χ3n) is 1.70. The van der Waals surface area contributed by atoms with Gasteiger partial charge in [0.2, 0.25) is 0 Å². The van der Waals surface area contributed by atoms with Gasteiger partial charge in [0.15, 0.2) is 0 Å². The van der Waals surface area contributed by atoms with Crippen LogP contribution in [0.4, 0.5) is 0 Å². The molecule has 1 N–H and O–H groups in total. The van der Waals surface area contributed by atoms with Crippen molar-refractivity contribution in [1.82, 2.24) is 0 Å². The second-order valence-corrected chi connectivity index (χ2v) is 2.54. The number of aliphatic carboxylic acids is 1. The first kappa shape index (κ1) is 8.04. The minimum Gasteiger partial charge on any atom is -0.481 e. The number of esters is 1. The molecule has 1 aliphatic carbocycles. The van der Waals surface area contributed by atoms with Gasteiger partial charge in [0.25, 0.3) is 0 Å². The van der Waals surface area contributed by atoms with Crippen LogP contribution in [0.1, 0.15) is 13.3 Å². The maximum absolute atomic E-state index is 10.8. The van der Waals surface area contributed by atoms with E-state index in [0.717, 1.165) is 0 Å². The molecule has 1 saturated carbocycles. The summed E-state index contributed by atoms with van der Waals surface area (Å²) in [5, 5.41) is 8.43. The molecule has 0 radical (unpaired) electrons. The normalized spacial score (nSPS) is 27.7. The minimum absolute atomic E-state index is 0.321. The monoisotopic (exact) mass is 158 g/mol. The Morgan fingerprint density at radius 3 is 2.55 bits per heavy atom. The van der Waals surface area contributed by atoms with Gasteiger partial charge < -0.3 is 9.84 Å². The third-order valence-corrected chi connectivity index (χ3v) is 1.70. The molecule has 2 atom stereocenters. The lowest BCUT2D eigenvalue weighted by Crippen LogP contribution is -2.10. The number of rotatable bonds is 3. The Bertz CT molecular complexity index is 187. The summed E-state index contributed by atoms with van der Waals surface area (Å²) in [6, 6.07) is 0. The molecule has 0 spiro atoms. The van der Waals surface area contributed by atoms with Gasteiger partial charge in [0.1, 0.15) is 0 Å². The lowest BCUT2D eigenvalue weighted by Gasteiger charge is -1.97. The number of carbonyl (C=O) groups excluding carboxylic acids is 1. The van der Waals surface area contributed by atoms with Crippen molar-refractivity contribution in [3.63, 3.8) is 0 Å². The number of ether oxygens (including phenoxy) is 1. The highest BCUT2D eigenvalue weighted by molar-refractivity contribution is 5.86. The van der Waals surface area contributed by atoms with E-state index in [4.69, 9.17) is 5.11 Å². The molecule has 62 valence electrons. The van der Waals surface area contributed by atoms with Crippen LogP contribution >= 0.6 is 0 Å². The van der Waals surface area contributed by atoms with Gasteiger partial charge in [0.05, 0.1) is 18.4 Å². The first-order valence-corrected chi connectivity index (χ1v) is 3.56. The van der Waals surface area contributed by atoms with E-state index in [2.05, 4.69) is 4.74 Å². The van der Waals surface area contributed by atoms with Crippen LogP contribution < -0.4 is 0 Å². The van der Waals surface area contributed by atoms with Crippen molar-refractivity contribution >= 4 is 11.9 Å². The number of carboxylic acids is 1. The van der Waals surface area contributed by atoms with Gasteiger partial charge in [-0.25, -0.2) is 0 Å². The summed E-state index contributed by atoms with van der Waals surface area (Å²) in [6.07, 6.45) is 0.439. The molecule has 0 aliphatic heterocycles. The molecule has 11 heavy (non-hydrogen) atoms. The summed E-state index contributed by atoms with van der Waals surface area (Å²) in [4.78, 5) is 21.1. The topological polar surface area (TPSA) is 63.6 Å². The van der Waals surface area contributed by atoms with Crippen molar-refractivity contribution in [2.75, 3.05) is 6.61 Å². The summed E-state index contributed by atoms with van der Waals surface area (Å²) in [6.45, 7) is 2.03. The van der Waals surface area contributed by atoms with Crippen LogP contribution in [0.15, 0.2) is 0 Å². The standard InChI is InChI=1S/C7H10O4/c1-2-11-7(10)5-3-4(5)6(8)9/h4-5H,2-3H2,1H3,(H,8,9)/t4-,5+/m0/s1. The highest BCUT2D eigenvalue weighted by Crippen LogP contribution is 2.39. The first-order valence-electron chi connectivity index (χ1n) is 3.56. The molecule has 1 fully saturated rings. The number of hydrogen-bond acceptors (Lipinski definition) is 3. The number of carboxylic acid groups (broad SMARTS) is 1. The Morgan fingerprint density at radius 1 is 1.55 bits per heavy atom. The Morgan fingerprint density at radius 2 is 2.18 bits per heavy atom. The number of hydrogen-bond donors (Lipinski definition) is 1. The molecule has 0 heterocycles. The summed E-state index contributed by atoms with van der Waals surface area (Å²) < 4.78 is 4.64. The highest BCUT2D eigenvalue weighted by atomic mass is 16.5. The molecule has 0 aromatic carbocycles. The number of carbonyl (C=O) groups is 2. The van der Waals surface area contributed by atoms with Crippen molar-refractivity contribution in [3.05, 3.63) is 0 Å². The fourth-order valence-electron chi connectivity index (χ4n) is 0.978.